The zero-order valence-corrected chi connectivity index (χ0v) is 7.13. The third-order valence-corrected chi connectivity index (χ3v) is 3.26. The first-order chi connectivity index (χ1) is 5.12. The van der Waals surface area contributed by atoms with E-state index in [0.717, 1.165) is 6.42 Å². The summed E-state index contributed by atoms with van der Waals surface area (Å²) in [5.74, 6) is 1.21. The molecule has 0 amide bonds. The van der Waals surface area contributed by atoms with Crippen LogP contribution in [0.15, 0.2) is 12.2 Å². The lowest BCUT2D eigenvalue weighted by molar-refractivity contribution is -0.135. The molecule has 0 spiro atoms. The van der Waals surface area contributed by atoms with Crippen molar-refractivity contribution in [3.05, 3.63) is 12.2 Å². The zero-order valence-electron chi connectivity index (χ0n) is 7.13. The van der Waals surface area contributed by atoms with Crippen molar-refractivity contribution >= 4 is 5.78 Å². The van der Waals surface area contributed by atoms with E-state index in [2.05, 4.69) is 26.0 Å². The number of hydrogen-bond acceptors (Lipinski definition) is 1. The lowest BCUT2D eigenvalue weighted by atomic mass is 9.60. The first-order valence-corrected chi connectivity index (χ1v) is 4.35. The van der Waals surface area contributed by atoms with Gasteiger partial charge < -0.3 is 0 Å². The highest BCUT2D eigenvalue weighted by atomic mass is 16.1. The summed E-state index contributed by atoms with van der Waals surface area (Å²) in [5, 5.41) is 0. The minimum atomic E-state index is -0.0718. The van der Waals surface area contributed by atoms with Gasteiger partial charge in [-0.2, -0.15) is 0 Å². The summed E-state index contributed by atoms with van der Waals surface area (Å²) in [6.07, 6.45) is 6.63. The van der Waals surface area contributed by atoms with Crippen LogP contribution in [0.1, 0.15) is 26.7 Å². The molecule has 3 rings (SSSR count). The maximum absolute atomic E-state index is 11.7. The van der Waals surface area contributed by atoms with Crippen molar-refractivity contribution in [3.8, 4) is 0 Å². The van der Waals surface area contributed by atoms with Crippen LogP contribution in [0, 0.1) is 17.3 Å². The van der Waals surface area contributed by atoms with Crippen LogP contribution in [-0.4, -0.2) is 5.78 Å². The van der Waals surface area contributed by atoms with Crippen LogP contribution in [0.4, 0.5) is 0 Å². The van der Waals surface area contributed by atoms with Crippen LogP contribution in [0.3, 0.4) is 0 Å². The zero-order chi connectivity index (χ0) is 8.06. The molecule has 3 aliphatic carbocycles. The molecule has 0 aromatic heterocycles. The van der Waals surface area contributed by atoms with E-state index < -0.39 is 0 Å². The highest BCUT2D eigenvalue weighted by Gasteiger charge is 2.45. The predicted octanol–water partition coefficient (Wildman–Crippen LogP) is 2.18. The van der Waals surface area contributed by atoms with E-state index in [0.29, 0.717) is 11.7 Å². The number of ketones is 1. The Morgan fingerprint density at radius 2 is 2.09 bits per heavy atom. The van der Waals surface area contributed by atoms with Crippen molar-refractivity contribution in [1.29, 1.82) is 0 Å². The van der Waals surface area contributed by atoms with Gasteiger partial charge in [0.25, 0.3) is 0 Å². The number of fused-ring (bicyclic) bond motifs is 2. The molecule has 60 valence electrons. The predicted molar refractivity (Wildman–Crippen MR) is 44.1 cm³/mol. The standard InChI is InChI=1S/C10H14O/c1-10(2)8-5-3-7(4-6-8)9(10)11/h3,5,7-8H,4,6H2,1-2H3/t7-,8+/m1/s1. The molecule has 11 heavy (non-hydrogen) atoms. The Labute approximate surface area is 67.5 Å². The molecule has 1 heteroatoms. The number of allylic oxidation sites excluding steroid dienone is 2. The van der Waals surface area contributed by atoms with Gasteiger partial charge >= 0.3 is 0 Å². The second-order valence-corrected chi connectivity index (χ2v) is 4.26. The van der Waals surface area contributed by atoms with E-state index >= 15 is 0 Å². The normalized spacial score (nSPS) is 39.6. The summed E-state index contributed by atoms with van der Waals surface area (Å²) in [5.41, 5.74) is -0.0718. The topological polar surface area (TPSA) is 17.1 Å². The van der Waals surface area contributed by atoms with Gasteiger partial charge in [0.05, 0.1) is 0 Å². The van der Waals surface area contributed by atoms with Gasteiger partial charge in [0.1, 0.15) is 5.78 Å². The number of rotatable bonds is 0. The van der Waals surface area contributed by atoms with Crippen LogP contribution in [0.5, 0.6) is 0 Å². The first kappa shape index (κ1) is 7.08. The van der Waals surface area contributed by atoms with Gasteiger partial charge in [-0.15, -0.1) is 0 Å². The summed E-state index contributed by atoms with van der Waals surface area (Å²) in [6.45, 7) is 4.16. The van der Waals surface area contributed by atoms with Crippen LogP contribution in [-0.2, 0) is 4.79 Å². The third kappa shape index (κ3) is 0.800. The fourth-order valence-electron chi connectivity index (χ4n) is 2.30. The second kappa shape index (κ2) is 1.96. The molecule has 3 aliphatic rings. The third-order valence-electron chi connectivity index (χ3n) is 3.26. The maximum Gasteiger partial charge on any atom is 0.145 e. The van der Waals surface area contributed by atoms with Crippen molar-refractivity contribution in [2.24, 2.45) is 17.3 Å². The Morgan fingerprint density at radius 1 is 1.36 bits per heavy atom. The van der Waals surface area contributed by atoms with E-state index in [1.165, 1.54) is 6.42 Å². The van der Waals surface area contributed by atoms with Gasteiger partial charge in [-0.05, 0) is 18.8 Å². The van der Waals surface area contributed by atoms with E-state index in [9.17, 15) is 4.79 Å². The summed E-state index contributed by atoms with van der Waals surface area (Å²) >= 11 is 0. The summed E-state index contributed by atoms with van der Waals surface area (Å²) in [6, 6.07) is 0. The molecule has 0 aromatic carbocycles. The first-order valence-electron chi connectivity index (χ1n) is 4.35. The Bertz CT molecular complexity index is 225. The lowest BCUT2D eigenvalue weighted by Gasteiger charge is -2.42. The van der Waals surface area contributed by atoms with Gasteiger partial charge in [-0.25, -0.2) is 0 Å². The molecule has 1 nitrogen and oxygen atoms in total. The summed E-state index contributed by atoms with van der Waals surface area (Å²) < 4.78 is 0. The molecule has 1 saturated carbocycles. The number of carbonyl (C=O) groups is 1. The highest BCUT2D eigenvalue weighted by Crippen LogP contribution is 2.45. The minimum Gasteiger partial charge on any atom is -0.298 e. The molecule has 0 radical (unpaired) electrons. The lowest BCUT2D eigenvalue weighted by Crippen LogP contribution is -2.43. The SMILES string of the molecule is CC1(C)C(=O)[C@@H]2C=C[C@H]1CC2. The molecular weight excluding hydrogens is 136 g/mol. The van der Waals surface area contributed by atoms with Gasteiger partial charge in [-0.1, -0.05) is 26.0 Å². The monoisotopic (exact) mass is 150 g/mol. The molecular formula is C10H14O. The smallest absolute Gasteiger partial charge is 0.145 e. The van der Waals surface area contributed by atoms with Crippen molar-refractivity contribution in [2.75, 3.05) is 0 Å². The van der Waals surface area contributed by atoms with Gasteiger partial charge in [0.2, 0.25) is 0 Å². The fourth-order valence-corrected chi connectivity index (χ4v) is 2.30. The molecule has 0 heterocycles. The van der Waals surface area contributed by atoms with Gasteiger partial charge in [-0.3, -0.25) is 4.79 Å². The number of hydrogen-bond donors (Lipinski definition) is 0. The Morgan fingerprint density at radius 3 is 2.36 bits per heavy atom. The molecule has 0 N–H and O–H groups in total. The molecule has 1 fully saturated rings. The van der Waals surface area contributed by atoms with E-state index in [4.69, 9.17) is 0 Å². The summed E-state index contributed by atoms with van der Waals surface area (Å²) in [4.78, 5) is 11.7. The Balaban J connectivity index is 2.42. The molecule has 0 unspecified atom stereocenters. The molecule has 0 saturated heterocycles. The van der Waals surface area contributed by atoms with Crippen molar-refractivity contribution < 1.29 is 4.79 Å². The molecule has 0 aliphatic heterocycles. The van der Waals surface area contributed by atoms with Crippen LogP contribution < -0.4 is 0 Å². The fraction of sp³-hybridized carbons (Fsp3) is 0.700. The van der Waals surface area contributed by atoms with Crippen LogP contribution >= 0.6 is 0 Å². The van der Waals surface area contributed by atoms with E-state index in [-0.39, 0.29) is 11.3 Å². The van der Waals surface area contributed by atoms with Crippen molar-refractivity contribution in [3.63, 3.8) is 0 Å². The maximum atomic E-state index is 11.7. The number of Topliss-reactive ketones (excluding diaryl/α,β-unsaturated/α-hetero) is 1. The molecule has 0 aromatic rings. The Hall–Kier alpha value is -0.590. The van der Waals surface area contributed by atoms with E-state index in [1.807, 2.05) is 0 Å². The average molecular weight is 150 g/mol. The molecule has 2 atom stereocenters. The van der Waals surface area contributed by atoms with Gasteiger partial charge in [0.15, 0.2) is 0 Å². The van der Waals surface area contributed by atoms with Crippen molar-refractivity contribution in [2.45, 2.75) is 26.7 Å². The highest BCUT2D eigenvalue weighted by molar-refractivity contribution is 5.90. The van der Waals surface area contributed by atoms with Crippen LogP contribution in [0.25, 0.3) is 0 Å². The van der Waals surface area contributed by atoms with Gasteiger partial charge in [0, 0.05) is 11.3 Å². The minimum absolute atomic E-state index is 0.0718. The molecule has 2 bridgehead atoms. The largest absolute Gasteiger partial charge is 0.298 e. The second-order valence-electron chi connectivity index (χ2n) is 4.26. The van der Waals surface area contributed by atoms with Crippen LogP contribution in [0.2, 0.25) is 0 Å². The Kier molecular flexibility index (Phi) is 1.26. The number of carbonyl (C=O) groups excluding carboxylic acids is 1. The average Bonchev–Trinajstić information content (AvgIpc) is 2.01. The quantitative estimate of drug-likeness (QED) is 0.484. The summed E-state index contributed by atoms with van der Waals surface area (Å²) in [7, 11) is 0. The van der Waals surface area contributed by atoms with E-state index in [1.54, 1.807) is 0 Å². The van der Waals surface area contributed by atoms with Crippen molar-refractivity contribution in [1.82, 2.24) is 0 Å².